The Balaban J connectivity index is 1.77. The van der Waals surface area contributed by atoms with E-state index in [2.05, 4.69) is 20.3 Å². The van der Waals surface area contributed by atoms with Gasteiger partial charge in [-0.15, -0.1) is 22.7 Å². The SMILES string of the molecule is Cc1csc(C(O)(CC(=O)Nc2nc(-c3cccnc3)cs2)C(F)(F)F)n1. The fourth-order valence-electron chi connectivity index (χ4n) is 2.21. The monoisotopic (exact) mass is 414 g/mol. The van der Waals surface area contributed by atoms with Gasteiger partial charge in [0.25, 0.3) is 0 Å². The Morgan fingerprint density at radius 1 is 1.26 bits per heavy atom. The van der Waals surface area contributed by atoms with Crippen molar-refractivity contribution in [3.8, 4) is 11.3 Å². The molecular formula is C16H13F3N4O2S2. The molecule has 0 aromatic carbocycles. The van der Waals surface area contributed by atoms with Crippen molar-refractivity contribution in [1.82, 2.24) is 15.0 Å². The molecule has 0 bridgehead atoms. The van der Waals surface area contributed by atoms with Gasteiger partial charge in [-0.05, 0) is 19.1 Å². The standard InChI is InChI=1S/C16H13F3N4O2S2/c1-9-7-26-13(21-9)15(25,16(17,18)19)5-12(24)23-14-22-11(8-27-14)10-3-2-4-20-6-10/h2-4,6-8,25H,5H2,1H3,(H,22,23,24). The Hall–Kier alpha value is -2.37. The van der Waals surface area contributed by atoms with E-state index in [1.54, 1.807) is 29.9 Å². The molecule has 0 saturated carbocycles. The number of carbonyl (C=O) groups is 1. The summed E-state index contributed by atoms with van der Waals surface area (Å²) in [5.74, 6) is -1.02. The van der Waals surface area contributed by atoms with Gasteiger partial charge in [0.2, 0.25) is 11.5 Å². The normalized spacial score (nSPS) is 14.0. The zero-order valence-corrected chi connectivity index (χ0v) is 15.5. The zero-order valence-electron chi connectivity index (χ0n) is 13.8. The van der Waals surface area contributed by atoms with Gasteiger partial charge in [-0.25, -0.2) is 9.97 Å². The number of alkyl halides is 3. The second kappa shape index (κ2) is 7.33. The number of nitrogens with zero attached hydrogens (tertiary/aromatic N) is 3. The Kier molecular flexibility index (Phi) is 5.27. The number of rotatable bonds is 5. The average Bonchev–Trinajstić information content (AvgIpc) is 3.24. The highest BCUT2D eigenvalue weighted by molar-refractivity contribution is 7.14. The van der Waals surface area contributed by atoms with Gasteiger partial charge >= 0.3 is 6.18 Å². The first-order valence-electron chi connectivity index (χ1n) is 7.56. The molecule has 27 heavy (non-hydrogen) atoms. The van der Waals surface area contributed by atoms with Gasteiger partial charge < -0.3 is 10.4 Å². The number of hydrogen-bond acceptors (Lipinski definition) is 7. The summed E-state index contributed by atoms with van der Waals surface area (Å²) in [6.07, 6.45) is -3.10. The zero-order chi connectivity index (χ0) is 19.7. The minimum Gasteiger partial charge on any atom is -0.374 e. The lowest BCUT2D eigenvalue weighted by molar-refractivity contribution is -0.266. The van der Waals surface area contributed by atoms with E-state index in [1.807, 2.05) is 0 Å². The highest BCUT2D eigenvalue weighted by Crippen LogP contribution is 2.43. The van der Waals surface area contributed by atoms with Crippen LogP contribution in [0.5, 0.6) is 0 Å². The first-order valence-corrected chi connectivity index (χ1v) is 9.32. The third-order valence-electron chi connectivity index (χ3n) is 3.57. The predicted octanol–water partition coefficient (Wildman–Crippen LogP) is 3.75. The Morgan fingerprint density at radius 2 is 2.04 bits per heavy atom. The second-order valence-corrected chi connectivity index (χ2v) is 7.37. The number of amides is 1. The van der Waals surface area contributed by atoms with Crippen molar-refractivity contribution in [2.24, 2.45) is 0 Å². The number of aliphatic hydroxyl groups is 1. The molecular weight excluding hydrogens is 401 g/mol. The Morgan fingerprint density at radius 3 is 2.63 bits per heavy atom. The highest BCUT2D eigenvalue weighted by Gasteiger charge is 2.58. The van der Waals surface area contributed by atoms with Crippen molar-refractivity contribution >= 4 is 33.7 Å². The first kappa shape index (κ1) is 19.4. The molecule has 1 atom stereocenters. The van der Waals surface area contributed by atoms with E-state index in [0.717, 1.165) is 11.3 Å². The smallest absolute Gasteiger partial charge is 0.374 e. The summed E-state index contributed by atoms with van der Waals surface area (Å²) in [5, 5.41) is 15.1. The number of pyridine rings is 1. The molecule has 0 aliphatic rings. The van der Waals surface area contributed by atoms with E-state index < -0.39 is 29.1 Å². The third kappa shape index (κ3) is 4.15. The van der Waals surface area contributed by atoms with Crippen LogP contribution in [0, 0.1) is 6.92 Å². The van der Waals surface area contributed by atoms with E-state index >= 15 is 0 Å². The number of aromatic nitrogens is 3. The maximum Gasteiger partial charge on any atom is 0.424 e. The van der Waals surface area contributed by atoms with Crippen LogP contribution in [0.2, 0.25) is 0 Å². The summed E-state index contributed by atoms with van der Waals surface area (Å²) < 4.78 is 40.3. The van der Waals surface area contributed by atoms with E-state index in [0.29, 0.717) is 28.3 Å². The summed E-state index contributed by atoms with van der Waals surface area (Å²) >= 11 is 1.71. The number of hydrogen-bond donors (Lipinski definition) is 2. The fourth-order valence-corrected chi connectivity index (χ4v) is 3.87. The third-order valence-corrected chi connectivity index (χ3v) is 5.43. The topological polar surface area (TPSA) is 88.0 Å². The van der Waals surface area contributed by atoms with Crippen molar-refractivity contribution in [3.63, 3.8) is 0 Å². The molecule has 0 spiro atoms. The van der Waals surface area contributed by atoms with Crippen molar-refractivity contribution in [2.75, 3.05) is 5.32 Å². The highest BCUT2D eigenvalue weighted by atomic mass is 32.1. The number of thiazole rings is 2. The van der Waals surface area contributed by atoms with E-state index in [4.69, 9.17) is 0 Å². The molecule has 11 heteroatoms. The maximum absolute atomic E-state index is 13.4. The van der Waals surface area contributed by atoms with Crippen LogP contribution in [0.25, 0.3) is 11.3 Å². The molecule has 6 nitrogen and oxygen atoms in total. The predicted molar refractivity (Wildman–Crippen MR) is 95.4 cm³/mol. The van der Waals surface area contributed by atoms with E-state index in [9.17, 15) is 23.1 Å². The van der Waals surface area contributed by atoms with Crippen molar-refractivity contribution < 1.29 is 23.1 Å². The van der Waals surface area contributed by atoms with Gasteiger partial charge in [0.05, 0.1) is 12.1 Å². The van der Waals surface area contributed by atoms with Crippen LogP contribution < -0.4 is 5.32 Å². The largest absolute Gasteiger partial charge is 0.424 e. The molecule has 1 unspecified atom stereocenters. The molecule has 1 amide bonds. The molecule has 0 aliphatic heterocycles. The lowest BCUT2D eigenvalue weighted by atomic mass is 9.99. The first-order chi connectivity index (χ1) is 12.7. The Bertz CT molecular complexity index is 943. The molecule has 142 valence electrons. The van der Waals surface area contributed by atoms with Crippen LogP contribution in [0.15, 0.2) is 35.3 Å². The Labute approximate surface area is 159 Å². The van der Waals surface area contributed by atoms with Crippen LogP contribution in [0.4, 0.5) is 18.3 Å². The molecule has 0 saturated heterocycles. The summed E-state index contributed by atoms with van der Waals surface area (Å²) in [6.45, 7) is 1.51. The van der Waals surface area contributed by atoms with Crippen molar-refractivity contribution in [1.29, 1.82) is 0 Å². The number of nitrogens with one attached hydrogen (secondary N) is 1. The molecule has 0 aliphatic carbocycles. The molecule has 3 aromatic heterocycles. The second-order valence-electron chi connectivity index (χ2n) is 5.66. The fraction of sp³-hybridized carbons (Fsp3) is 0.250. The van der Waals surface area contributed by atoms with Gasteiger partial charge in [0.15, 0.2) is 5.13 Å². The molecule has 3 aromatic rings. The van der Waals surface area contributed by atoms with Crippen molar-refractivity contribution in [3.05, 3.63) is 46.0 Å². The maximum atomic E-state index is 13.4. The molecule has 3 rings (SSSR count). The van der Waals surface area contributed by atoms with Gasteiger partial charge in [0, 0.05) is 34.4 Å². The minimum absolute atomic E-state index is 0.124. The van der Waals surface area contributed by atoms with Gasteiger partial charge in [-0.1, -0.05) is 0 Å². The lowest BCUT2D eigenvalue weighted by Gasteiger charge is -2.27. The quantitative estimate of drug-likeness (QED) is 0.664. The van der Waals surface area contributed by atoms with Crippen LogP contribution in [0.1, 0.15) is 17.1 Å². The molecule has 0 radical (unpaired) electrons. The van der Waals surface area contributed by atoms with Crippen LogP contribution >= 0.6 is 22.7 Å². The van der Waals surface area contributed by atoms with Gasteiger partial charge in [0.1, 0.15) is 5.01 Å². The average molecular weight is 414 g/mol. The summed E-state index contributed by atoms with van der Waals surface area (Å²) in [4.78, 5) is 24.0. The number of anilines is 1. The minimum atomic E-state index is -5.06. The van der Waals surface area contributed by atoms with Crippen LogP contribution in [-0.4, -0.2) is 32.1 Å². The summed E-state index contributed by atoms with van der Waals surface area (Å²) in [5.41, 5.74) is -1.79. The lowest BCUT2D eigenvalue weighted by Crippen LogP contribution is -2.45. The molecule has 0 fully saturated rings. The summed E-state index contributed by atoms with van der Waals surface area (Å²) in [7, 11) is 0. The van der Waals surface area contributed by atoms with E-state index in [-0.39, 0.29) is 5.13 Å². The van der Waals surface area contributed by atoms with Crippen LogP contribution in [0.3, 0.4) is 0 Å². The molecule has 2 N–H and O–H groups in total. The summed E-state index contributed by atoms with van der Waals surface area (Å²) in [6, 6.07) is 3.48. The number of halogens is 3. The van der Waals surface area contributed by atoms with Crippen molar-refractivity contribution in [2.45, 2.75) is 25.1 Å². The van der Waals surface area contributed by atoms with E-state index in [1.165, 1.54) is 12.3 Å². The molecule has 3 heterocycles. The van der Waals surface area contributed by atoms with Gasteiger partial charge in [-0.2, -0.15) is 13.2 Å². The number of aryl methyl sites for hydroxylation is 1. The number of carbonyl (C=O) groups excluding carboxylic acids is 1. The van der Waals surface area contributed by atoms with Crippen LogP contribution in [-0.2, 0) is 10.4 Å². The van der Waals surface area contributed by atoms with Gasteiger partial charge in [-0.3, -0.25) is 9.78 Å².